The largest absolute Gasteiger partial charge is 0.496 e. The molecule has 0 aromatic carbocycles. The molecule has 2 rings (SSSR count). The van der Waals surface area contributed by atoms with E-state index >= 15 is 0 Å². The van der Waals surface area contributed by atoms with Crippen molar-refractivity contribution in [3.63, 3.8) is 0 Å². The van der Waals surface area contributed by atoms with Crippen LogP contribution < -0.4 is 16.0 Å². The number of methoxy groups -OCH3 is 1. The molecule has 2 heterocycles. The van der Waals surface area contributed by atoms with Crippen molar-refractivity contribution < 1.29 is 9.15 Å². The van der Waals surface area contributed by atoms with E-state index in [4.69, 9.17) is 15.0 Å². The van der Waals surface area contributed by atoms with Crippen molar-refractivity contribution in [1.82, 2.24) is 10.4 Å². The molecule has 0 fully saturated rings. The van der Waals surface area contributed by atoms with E-state index in [1.165, 1.54) is 0 Å². The zero-order valence-electron chi connectivity index (χ0n) is 12.8. The maximum Gasteiger partial charge on any atom is 0.128 e. The number of hydrazine groups is 1. The van der Waals surface area contributed by atoms with Crippen LogP contribution in [0.2, 0.25) is 0 Å². The molecule has 0 radical (unpaired) electrons. The predicted molar refractivity (Wildman–Crippen MR) is 82.1 cm³/mol. The fraction of sp³-hybridized carbons (Fsp3) is 0.438. The highest BCUT2D eigenvalue weighted by Crippen LogP contribution is 2.25. The highest BCUT2D eigenvalue weighted by Gasteiger charge is 2.15. The van der Waals surface area contributed by atoms with Crippen LogP contribution in [0, 0.1) is 13.8 Å². The maximum absolute atomic E-state index is 5.67. The lowest BCUT2D eigenvalue weighted by Crippen LogP contribution is -2.37. The summed E-state index contributed by atoms with van der Waals surface area (Å²) in [7, 11) is 1.69. The van der Waals surface area contributed by atoms with E-state index in [2.05, 4.69) is 10.4 Å². The second kappa shape index (κ2) is 7.24. The van der Waals surface area contributed by atoms with Crippen LogP contribution in [0.5, 0.6) is 5.75 Å². The molecule has 5 nitrogen and oxygen atoms in total. The Labute approximate surface area is 125 Å². The summed E-state index contributed by atoms with van der Waals surface area (Å²) in [5.41, 5.74) is 6.01. The van der Waals surface area contributed by atoms with Crippen molar-refractivity contribution in [2.75, 3.05) is 7.11 Å². The van der Waals surface area contributed by atoms with E-state index in [0.717, 1.165) is 47.6 Å². The third-order valence-corrected chi connectivity index (χ3v) is 3.74. The van der Waals surface area contributed by atoms with Crippen molar-refractivity contribution in [2.45, 2.75) is 39.2 Å². The molecule has 0 saturated heterocycles. The van der Waals surface area contributed by atoms with Gasteiger partial charge in [-0.25, -0.2) is 0 Å². The normalized spacial score (nSPS) is 12.4. The average Bonchev–Trinajstić information content (AvgIpc) is 2.99. The summed E-state index contributed by atoms with van der Waals surface area (Å²) in [6.07, 6.45) is 6.04. The third kappa shape index (κ3) is 3.83. The summed E-state index contributed by atoms with van der Waals surface area (Å²) in [6, 6.07) is 4.02. The van der Waals surface area contributed by atoms with Gasteiger partial charge in [0.05, 0.1) is 13.4 Å². The molecule has 0 bridgehead atoms. The van der Waals surface area contributed by atoms with Gasteiger partial charge in [0.2, 0.25) is 0 Å². The highest BCUT2D eigenvalue weighted by molar-refractivity contribution is 5.41. The topological polar surface area (TPSA) is 73.3 Å². The van der Waals surface area contributed by atoms with Gasteiger partial charge in [-0.15, -0.1) is 0 Å². The van der Waals surface area contributed by atoms with Gasteiger partial charge in [0, 0.05) is 41.9 Å². The Hall–Kier alpha value is -1.85. The van der Waals surface area contributed by atoms with Crippen molar-refractivity contribution in [2.24, 2.45) is 5.84 Å². The summed E-state index contributed by atoms with van der Waals surface area (Å²) < 4.78 is 10.8. The number of ether oxygens (including phenoxy) is 1. The molecular weight excluding hydrogens is 266 g/mol. The van der Waals surface area contributed by atoms with Gasteiger partial charge in [-0.2, -0.15) is 0 Å². The summed E-state index contributed by atoms with van der Waals surface area (Å²) in [6.45, 7) is 4.03. The molecule has 2 aromatic heterocycles. The lowest BCUT2D eigenvalue weighted by atomic mass is 10.0. The molecule has 0 saturated carbocycles. The maximum atomic E-state index is 5.67. The van der Waals surface area contributed by atoms with Gasteiger partial charge < -0.3 is 9.15 Å². The van der Waals surface area contributed by atoms with Crippen LogP contribution >= 0.6 is 0 Å². The van der Waals surface area contributed by atoms with Crippen LogP contribution in [0.25, 0.3) is 0 Å². The Bertz CT molecular complexity index is 567. The fourth-order valence-electron chi connectivity index (χ4n) is 2.53. The molecule has 114 valence electrons. The lowest BCUT2D eigenvalue weighted by Gasteiger charge is -2.18. The van der Waals surface area contributed by atoms with Crippen LogP contribution in [0.4, 0.5) is 0 Å². The predicted octanol–water partition coefficient (Wildman–Crippen LogP) is 2.31. The minimum atomic E-state index is 0.147. The number of nitrogens with one attached hydrogen (secondary N) is 1. The zero-order valence-corrected chi connectivity index (χ0v) is 12.8. The molecule has 0 aliphatic heterocycles. The van der Waals surface area contributed by atoms with Gasteiger partial charge in [0.25, 0.3) is 0 Å². The van der Waals surface area contributed by atoms with Crippen molar-refractivity contribution in [3.05, 3.63) is 47.2 Å². The van der Waals surface area contributed by atoms with E-state index < -0.39 is 0 Å². The molecule has 3 N–H and O–H groups in total. The molecule has 1 unspecified atom stereocenters. The number of hydrogen-bond acceptors (Lipinski definition) is 5. The third-order valence-electron chi connectivity index (χ3n) is 3.74. The second-order valence-electron chi connectivity index (χ2n) is 5.23. The van der Waals surface area contributed by atoms with Crippen LogP contribution in [-0.2, 0) is 12.8 Å². The first-order valence-electron chi connectivity index (χ1n) is 7.13. The number of aromatic nitrogens is 1. The first kappa shape index (κ1) is 15.5. The molecule has 0 aliphatic rings. The number of nitrogens with two attached hydrogens (primary N) is 1. The molecule has 1 atom stereocenters. The Morgan fingerprint density at radius 3 is 2.86 bits per heavy atom. The van der Waals surface area contributed by atoms with E-state index in [-0.39, 0.29) is 6.04 Å². The number of aryl methyl sites for hydroxylation is 2. The number of furan rings is 1. The zero-order chi connectivity index (χ0) is 15.2. The molecule has 0 spiro atoms. The first-order chi connectivity index (χ1) is 10.2. The number of nitrogens with zero attached hydrogens (tertiary/aromatic N) is 1. The van der Waals surface area contributed by atoms with E-state index in [1.807, 2.05) is 32.2 Å². The fourth-order valence-corrected chi connectivity index (χ4v) is 2.53. The Morgan fingerprint density at radius 2 is 2.24 bits per heavy atom. The Balaban J connectivity index is 2.04. The monoisotopic (exact) mass is 289 g/mol. The smallest absolute Gasteiger partial charge is 0.128 e. The second-order valence-corrected chi connectivity index (χ2v) is 5.23. The molecule has 5 heteroatoms. The van der Waals surface area contributed by atoms with Gasteiger partial charge >= 0.3 is 0 Å². The molecule has 21 heavy (non-hydrogen) atoms. The van der Waals surface area contributed by atoms with E-state index in [1.54, 1.807) is 13.4 Å². The molecule has 0 aliphatic carbocycles. The first-order valence-corrected chi connectivity index (χ1v) is 7.13. The minimum Gasteiger partial charge on any atom is -0.496 e. The summed E-state index contributed by atoms with van der Waals surface area (Å²) in [5, 5.41) is 0. The molecular formula is C16H23N3O2. The van der Waals surface area contributed by atoms with Crippen molar-refractivity contribution in [3.8, 4) is 5.75 Å². The number of hydrogen-bond donors (Lipinski definition) is 2. The quantitative estimate of drug-likeness (QED) is 0.604. The molecule has 0 amide bonds. The lowest BCUT2D eigenvalue weighted by molar-refractivity contribution is 0.404. The Morgan fingerprint density at radius 1 is 1.43 bits per heavy atom. The summed E-state index contributed by atoms with van der Waals surface area (Å²) in [5.74, 6) is 7.55. The van der Waals surface area contributed by atoms with Crippen LogP contribution in [0.15, 0.2) is 29.0 Å². The molecule has 2 aromatic rings. The Kier molecular flexibility index (Phi) is 5.36. The van der Waals surface area contributed by atoms with E-state index in [0.29, 0.717) is 0 Å². The highest BCUT2D eigenvalue weighted by atomic mass is 16.5. The van der Waals surface area contributed by atoms with Gasteiger partial charge in [0.15, 0.2) is 0 Å². The van der Waals surface area contributed by atoms with Gasteiger partial charge in [-0.05, 0) is 32.4 Å². The van der Waals surface area contributed by atoms with Gasteiger partial charge in [-0.1, -0.05) is 0 Å². The SMILES string of the molecule is COc1c(C)cnc(CC(CCc2ccco2)NN)c1C. The van der Waals surface area contributed by atoms with Crippen LogP contribution in [-0.4, -0.2) is 18.1 Å². The van der Waals surface area contributed by atoms with E-state index in [9.17, 15) is 0 Å². The summed E-state index contributed by atoms with van der Waals surface area (Å²) in [4.78, 5) is 4.52. The number of rotatable bonds is 7. The van der Waals surface area contributed by atoms with Gasteiger partial charge in [0.1, 0.15) is 11.5 Å². The summed E-state index contributed by atoms with van der Waals surface area (Å²) >= 11 is 0. The van der Waals surface area contributed by atoms with Crippen molar-refractivity contribution >= 4 is 0 Å². The van der Waals surface area contributed by atoms with Crippen LogP contribution in [0.3, 0.4) is 0 Å². The average molecular weight is 289 g/mol. The standard InChI is InChI=1S/C16H23N3O2/c1-11-10-18-15(12(2)16(11)20-3)9-13(19-17)6-7-14-5-4-8-21-14/h4-5,8,10,13,19H,6-7,9,17H2,1-3H3. The number of pyridine rings is 1. The van der Waals surface area contributed by atoms with Gasteiger partial charge in [-0.3, -0.25) is 16.3 Å². The van der Waals surface area contributed by atoms with Crippen molar-refractivity contribution in [1.29, 1.82) is 0 Å². The minimum absolute atomic E-state index is 0.147. The van der Waals surface area contributed by atoms with Crippen LogP contribution in [0.1, 0.15) is 29.0 Å².